The number of carbonyl (C=O) groups excluding carboxylic acids is 2. The van der Waals surface area contributed by atoms with E-state index in [1.165, 1.54) is 0 Å². The van der Waals surface area contributed by atoms with Crippen LogP contribution in [0.3, 0.4) is 0 Å². The highest BCUT2D eigenvalue weighted by atomic mass is 16.5. The van der Waals surface area contributed by atoms with Crippen LogP contribution in [0.25, 0.3) is 11.1 Å². The fourth-order valence-electron chi connectivity index (χ4n) is 4.55. The quantitative estimate of drug-likeness (QED) is 0.314. The number of likely N-dealkylation sites (tertiary alicyclic amines) is 1. The van der Waals surface area contributed by atoms with E-state index >= 15 is 0 Å². The molecule has 2 heterocycles. The van der Waals surface area contributed by atoms with Gasteiger partial charge in [0.1, 0.15) is 24.3 Å². The van der Waals surface area contributed by atoms with E-state index in [-0.39, 0.29) is 42.2 Å². The smallest absolute Gasteiger partial charge is 0.306 e. The van der Waals surface area contributed by atoms with Gasteiger partial charge in [-0.3, -0.25) is 15.0 Å². The second-order valence-electron chi connectivity index (χ2n) is 9.19. The SMILES string of the molecule is CN1CCCC(OC(=O)C[C@@H]2C[C@@H](COc3ccc(-c4ccc(C(=N)N)cc4)cc3)NC2=O)C1. The third-order valence-electron chi connectivity index (χ3n) is 6.41. The average molecular weight is 465 g/mol. The number of hydrogen-bond acceptors (Lipinski definition) is 6. The number of rotatable bonds is 8. The van der Waals surface area contributed by atoms with Crippen LogP contribution in [-0.4, -0.2) is 61.5 Å². The van der Waals surface area contributed by atoms with Crippen molar-refractivity contribution in [1.82, 2.24) is 10.2 Å². The monoisotopic (exact) mass is 464 g/mol. The standard InChI is InChI=1S/C26H32N4O4/c1-30-12-2-3-23(15-30)34-24(31)14-20-13-21(29-26(20)32)16-33-22-10-8-18(9-11-22)17-4-6-19(7-5-17)25(27)28/h4-11,20-21,23H,2-3,12-16H2,1H3,(H3,27,28)(H,29,32)/t20-,21-,23?/m0/s1. The maximum absolute atomic E-state index is 12.3. The molecule has 2 aromatic rings. The molecule has 2 aliphatic heterocycles. The van der Waals surface area contributed by atoms with E-state index < -0.39 is 0 Å². The molecule has 1 unspecified atom stereocenters. The fourth-order valence-corrected chi connectivity index (χ4v) is 4.55. The first kappa shape index (κ1) is 23.8. The number of benzene rings is 2. The van der Waals surface area contributed by atoms with Crippen molar-refractivity contribution >= 4 is 17.7 Å². The summed E-state index contributed by atoms with van der Waals surface area (Å²) in [6.45, 7) is 2.12. The number of nitrogens with zero attached hydrogens (tertiary/aromatic N) is 1. The molecule has 0 radical (unpaired) electrons. The number of carbonyl (C=O) groups is 2. The topological polar surface area (TPSA) is 118 Å². The molecule has 1 amide bonds. The molecule has 2 aromatic carbocycles. The van der Waals surface area contributed by atoms with Crippen LogP contribution in [0.4, 0.5) is 0 Å². The Hall–Kier alpha value is -3.39. The molecule has 2 saturated heterocycles. The van der Waals surface area contributed by atoms with Gasteiger partial charge in [-0.2, -0.15) is 0 Å². The van der Waals surface area contributed by atoms with Crippen molar-refractivity contribution in [2.45, 2.75) is 37.8 Å². The molecule has 0 aliphatic carbocycles. The van der Waals surface area contributed by atoms with Crippen LogP contribution < -0.4 is 15.8 Å². The molecule has 2 aliphatic rings. The molecule has 4 rings (SSSR count). The van der Waals surface area contributed by atoms with Crippen molar-refractivity contribution in [3.63, 3.8) is 0 Å². The second kappa shape index (κ2) is 10.7. The van der Waals surface area contributed by atoms with Crippen LogP contribution >= 0.6 is 0 Å². The van der Waals surface area contributed by atoms with Gasteiger partial charge in [0.05, 0.1) is 18.4 Å². The minimum Gasteiger partial charge on any atom is -0.491 e. The lowest BCUT2D eigenvalue weighted by molar-refractivity contribution is -0.153. The fraction of sp³-hybridized carbons (Fsp3) is 0.423. The molecule has 0 bridgehead atoms. The maximum Gasteiger partial charge on any atom is 0.306 e. The Morgan fingerprint density at radius 3 is 2.47 bits per heavy atom. The van der Waals surface area contributed by atoms with Gasteiger partial charge in [0.2, 0.25) is 5.91 Å². The molecular formula is C26H32N4O4. The zero-order valence-electron chi connectivity index (χ0n) is 19.5. The van der Waals surface area contributed by atoms with Gasteiger partial charge < -0.3 is 25.4 Å². The van der Waals surface area contributed by atoms with Gasteiger partial charge in [-0.1, -0.05) is 36.4 Å². The van der Waals surface area contributed by atoms with Crippen molar-refractivity contribution in [2.24, 2.45) is 11.7 Å². The summed E-state index contributed by atoms with van der Waals surface area (Å²) in [5, 5.41) is 10.4. The Bertz CT molecular complexity index is 1020. The molecule has 8 heteroatoms. The Kier molecular flexibility index (Phi) is 7.47. The molecule has 0 spiro atoms. The first-order chi connectivity index (χ1) is 16.4. The van der Waals surface area contributed by atoms with Crippen molar-refractivity contribution < 1.29 is 19.1 Å². The van der Waals surface area contributed by atoms with Gasteiger partial charge >= 0.3 is 5.97 Å². The van der Waals surface area contributed by atoms with Gasteiger partial charge in [-0.15, -0.1) is 0 Å². The first-order valence-corrected chi connectivity index (χ1v) is 11.7. The van der Waals surface area contributed by atoms with E-state index in [1.54, 1.807) is 0 Å². The summed E-state index contributed by atoms with van der Waals surface area (Å²) in [5.74, 6) is -0.0273. The van der Waals surface area contributed by atoms with E-state index in [2.05, 4.69) is 10.2 Å². The van der Waals surface area contributed by atoms with E-state index in [0.717, 1.165) is 37.1 Å². The number of nitrogens with one attached hydrogen (secondary N) is 2. The number of amidine groups is 1. The van der Waals surface area contributed by atoms with Crippen molar-refractivity contribution in [3.8, 4) is 16.9 Å². The summed E-state index contributed by atoms with van der Waals surface area (Å²) in [5.41, 5.74) is 8.25. The van der Waals surface area contributed by atoms with Gasteiger partial charge in [0.15, 0.2) is 0 Å². The molecule has 0 saturated carbocycles. The van der Waals surface area contributed by atoms with Crippen molar-refractivity contribution in [2.75, 3.05) is 26.7 Å². The number of nitrogens with two attached hydrogens (primary N) is 1. The van der Waals surface area contributed by atoms with Crippen LogP contribution in [0.2, 0.25) is 0 Å². The maximum atomic E-state index is 12.3. The molecule has 4 N–H and O–H groups in total. The van der Waals surface area contributed by atoms with E-state index in [0.29, 0.717) is 24.3 Å². The third-order valence-corrected chi connectivity index (χ3v) is 6.41. The highest BCUT2D eigenvalue weighted by Gasteiger charge is 2.35. The minimum atomic E-state index is -0.372. The lowest BCUT2D eigenvalue weighted by atomic mass is 10.0. The third kappa shape index (κ3) is 6.14. The normalized spacial score (nSPS) is 22.7. The van der Waals surface area contributed by atoms with E-state index in [4.69, 9.17) is 20.6 Å². The molecular weight excluding hydrogens is 432 g/mol. The van der Waals surface area contributed by atoms with Gasteiger partial charge in [0.25, 0.3) is 0 Å². The largest absolute Gasteiger partial charge is 0.491 e. The van der Waals surface area contributed by atoms with Crippen LogP contribution in [-0.2, 0) is 14.3 Å². The number of piperidine rings is 1. The van der Waals surface area contributed by atoms with Gasteiger partial charge in [-0.25, -0.2) is 0 Å². The van der Waals surface area contributed by atoms with Crippen LogP contribution in [0.15, 0.2) is 48.5 Å². The molecule has 8 nitrogen and oxygen atoms in total. The van der Waals surface area contributed by atoms with Crippen molar-refractivity contribution in [3.05, 3.63) is 54.1 Å². The van der Waals surface area contributed by atoms with Gasteiger partial charge in [-0.05, 0) is 56.1 Å². The highest BCUT2D eigenvalue weighted by molar-refractivity contribution is 5.95. The lowest BCUT2D eigenvalue weighted by Crippen LogP contribution is -2.38. The Labute approximate surface area is 199 Å². The number of ether oxygens (including phenoxy) is 2. The van der Waals surface area contributed by atoms with Crippen LogP contribution in [0, 0.1) is 11.3 Å². The second-order valence-corrected chi connectivity index (χ2v) is 9.19. The summed E-state index contributed by atoms with van der Waals surface area (Å²) < 4.78 is 11.5. The predicted molar refractivity (Wildman–Crippen MR) is 130 cm³/mol. The van der Waals surface area contributed by atoms with Crippen LogP contribution in [0.5, 0.6) is 5.75 Å². The number of hydrogen-bond donors (Lipinski definition) is 3. The summed E-state index contributed by atoms with van der Waals surface area (Å²) in [6, 6.07) is 15.1. The zero-order valence-corrected chi connectivity index (χ0v) is 19.5. The predicted octanol–water partition coefficient (Wildman–Crippen LogP) is 2.55. The first-order valence-electron chi connectivity index (χ1n) is 11.7. The Morgan fingerprint density at radius 1 is 1.15 bits per heavy atom. The molecule has 180 valence electrons. The van der Waals surface area contributed by atoms with Crippen LogP contribution in [0.1, 0.15) is 31.2 Å². The van der Waals surface area contributed by atoms with Crippen molar-refractivity contribution in [1.29, 1.82) is 5.41 Å². The lowest BCUT2D eigenvalue weighted by Gasteiger charge is -2.29. The summed E-state index contributed by atoms with van der Waals surface area (Å²) >= 11 is 0. The molecule has 34 heavy (non-hydrogen) atoms. The summed E-state index contributed by atoms with van der Waals surface area (Å²) in [4.78, 5) is 26.8. The number of nitrogen functional groups attached to an aromatic ring is 1. The molecule has 0 aromatic heterocycles. The molecule has 3 atom stereocenters. The van der Waals surface area contributed by atoms with E-state index in [9.17, 15) is 9.59 Å². The highest BCUT2D eigenvalue weighted by Crippen LogP contribution is 2.25. The van der Waals surface area contributed by atoms with Gasteiger partial charge in [0, 0.05) is 12.1 Å². The zero-order chi connectivity index (χ0) is 24.1. The average Bonchev–Trinajstić information content (AvgIpc) is 3.17. The number of amides is 1. The van der Waals surface area contributed by atoms with E-state index in [1.807, 2.05) is 55.6 Å². The number of esters is 1. The summed E-state index contributed by atoms with van der Waals surface area (Å²) in [6.07, 6.45) is 2.49. The number of likely N-dealkylation sites (N-methyl/N-ethyl adjacent to an activating group) is 1. The molecule has 2 fully saturated rings. The Balaban J connectivity index is 1.23. The minimum absolute atomic E-state index is 0.0467. The Morgan fingerprint density at radius 2 is 1.82 bits per heavy atom. The summed E-state index contributed by atoms with van der Waals surface area (Å²) in [7, 11) is 2.02.